The van der Waals surface area contributed by atoms with Crippen molar-refractivity contribution in [1.82, 2.24) is 9.88 Å². The Morgan fingerprint density at radius 3 is 2.69 bits per heavy atom. The van der Waals surface area contributed by atoms with Gasteiger partial charge in [0.05, 0.1) is 10.6 Å². The van der Waals surface area contributed by atoms with E-state index in [1.54, 1.807) is 24.4 Å². The number of nitrogens with one attached hydrogen (secondary N) is 1. The van der Waals surface area contributed by atoms with E-state index >= 15 is 0 Å². The molecule has 0 aliphatic carbocycles. The van der Waals surface area contributed by atoms with Crippen LogP contribution in [0, 0.1) is 10.1 Å². The number of nitro benzene ring substituents is 1. The molecule has 136 valence electrons. The first kappa shape index (κ1) is 17.9. The number of aromatic nitrogens is 1. The van der Waals surface area contributed by atoms with Crippen molar-refractivity contribution in [3.05, 3.63) is 74.2 Å². The molecule has 0 radical (unpaired) electrons. The Labute approximate surface area is 151 Å². The Kier molecular flexibility index (Phi) is 4.65. The van der Waals surface area contributed by atoms with Gasteiger partial charge in [-0.25, -0.2) is 0 Å². The Morgan fingerprint density at radius 1 is 1.27 bits per heavy atom. The fourth-order valence-corrected chi connectivity index (χ4v) is 3.12. The minimum atomic E-state index is -0.671. The molecule has 7 heteroatoms. The van der Waals surface area contributed by atoms with Gasteiger partial charge in [0.1, 0.15) is 11.4 Å². The Hall–Kier alpha value is -2.93. The van der Waals surface area contributed by atoms with Gasteiger partial charge in [-0.15, -0.1) is 0 Å². The van der Waals surface area contributed by atoms with Gasteiger partial charge in [-0.1, -0.05) is 13.0 Å². The third kappa shape index (κ3) is 3.13. The molecule has 1 N–H and O–H groups in total. The van der Waals surface area contributed by atoms with E-state index < -0.39 is 10.5 Å². The summed E-state index contributed by atoms with van der Waals surface area (Å²) in [4.78, 5) is 23.3. The highest BCUT2D eigenvalue weighted by Crippen LogP contribution is 2.42. The van der Waals surface area contributed by atoms with E-state index in [0.717, 1.165) is 12.1 Å². The topological polar surface area (TPSA) is 86.4 Å². The zero-order chi connectivity index (χ0) is 18.9. The summed E-state index contributed by atoms with van der Waals surface area (Å²) in [7, 11) is 0. The van der Waals surface area contributed by atoms with Crippen LogP contribution >= 0.6 is 0 Å². The third-order valence-corrected chi connectivity index (χ3v) is 4.42. The number of ether oxygens (including phenoxy) is 1. The van der Waals surface area contributed by atoms with Crippen molar-refractivity contribution >= 4 is 11.4 Å². The van der Waals surface area contributed by atoms with Gasteiger partial charge in [-0.3, -0.25) is 19.5 Å². The normalized spacial score (nSPS) is 15.3. The summed E-state index contributed by atoms with van der Waals surface area (Å²) in [6.07, 6.45) is 1.67. The number of benzene rings is 1. The number of non-ortho nitro benzene ring substituents is 1. The molecule has 0 amide bonds. The van der Waals surface area contributed by atoms with Gasteiger partial charge in [-0.05, 0) is 32.5 Å². The van der Waals surface area contributed by atoms with Crippen molar-refractivity contribution in [3.63, 3.8) is 0 Å². The third-order valence-electron chi connectivity index (χ3n) is 4.42. The van der Waals surface area contributed by atoms with E-state index in [2.05, 4.69) is 5.32 Å². The largest absolute Gasteiger partial charge is 0.483 e. The van der Waals surface area contributed by atoms with Crippen LogP contribution in [0.1, 0.15) is 26.3 Å². The maximum absolute atomic E-state index is 12.5. The van der Waals surface area contributed by atoms with E-state index in [9.17, 15) is 14.9 Å². The first-order valence-corrected chi connectivity index (χ1v) is 8.45. The lowest BCUT2D eigenvalue weighted by molar-refractivity contribution is -0.384. The van der Waals surface area contributed by atoms with Crippen LogP contribution in [0.5, 0.6) is 5.75 Å². The molecule has 0 saturated carbocycles. The summed E-state index contributed by atoms with van der Waals surface area (Å²) >= 11 is 0. The van der Waals surface area contributed by atoms with Crippen LogP contribution in [0.3, 0.4) is 0 Å². The molecule has 2 heterocycles. The second-order valence-corrected chi connectivity index (χ2v) is 6.57. The van der Waals surface area contributed by atoms with Gasteiger partial charge in [0, 0.05) is 42.1 Å². The molecular weight excluding hydrogens is 334 g/mol. The highest BCUT2D eigenvalue weighted by Gasteiger charge is 2.36. The Bertz CT molecular complexity index is 944. The fraction of sp³-hybridized carbons (Fsp3) is 0.316. The lowest BCUT2D eigenvalue weighted by Gasteiger charge is -2.37. The van der Waals surface area contributed by atoms with Crippen LogP contribution in [0.4, 0.5) is 5.69 Å². The molecule has 0 spiro atoms. The molecule has 1 aliphatic heterocycles. The van der Waals surface area contributed by atoms with Gasteiger partial charge in [0.25, 0.3) is 11.2 Å². The molecule has 0 saturated heterocycles. The highest BCUT2D eigenvalue weighted by atomic mass is 16.6. The predicted molar refractivity (Wildman–Crippen MR) is 99.4 cm³/mol. The van der Waals surface area contributed by atoms with Crippen LogP contribution in [0.15, 0.2) is 53.0 Å². The monoisotopic (exact) mass is 355 g/mol. The molecule has 2 aromatic rings. The summed E-state index contributed by atoms with van der Waals surface area (Å²) in [6.45, 7) is 7.10. The van der Waals surface area contributed by atoms with Crippen LogP contribution in [0.2, 0.25) is 0 Å². The number of nitrogens with zero attached hydrogens (tertiary/aromatic N) is 2. The van der Waals surface area contributed by atoms with Crippen molar-refractivity contribution in [2.75, 3.05) is 13.1 Å². The SMILES string of the molecule is CCNCC1=C(n2ccccc2=O)c2cc([N+](=O)[O-])ccc2OC1(C)C. The van der Waals surface area contributed by atoms with Gasteiger partial charge >= 0.3 is 0 Å². The van der Waals surface area contributed by atoms with E-state index in [1.165, 1.54) is 22.8 Å². The van der Waals surface area contributed by atoms with Crippen molar-refractivity contribution in [3.8, 4) is 5.75 Å². The molecule has 7 nitrogen and oxygen atoms in total. The number of nitro groups is 1. The average Bonchev–Trinajstić information content (AvgIpc) is 2.59. The Balaban J connectivity index is 2.34. The number of rotatable bonds is 5. The average molecular weight is 355 g/mol. The van der Waals surface area contributed by atoms with Crippen molar-refractivity contribution in [2.45, 2.75) is 26.4 Å². The fourth-order valence-electron chi connectivity index (χ4n) is 3.12. The highest BCUT2D eigenvalue weighted by molar-refractivity contribution is 5.78. The maximum Gasteiger partial charge on any atom is 0.270 e. The van der Waals surface area contributed by atoms with E-state index in [1.807, 2.05) is 20.8 Å². The first-order chi connectivity index (χ1) is 12.3. The quantitative estimate of drug-likeness (QED) is 0.658. The summed E-state index contributed by atoms with van der Waals surface area (Å²) in [6, 6.07) is 9.37. The molecule has 3 rings (SSSR count). The molecule has 1 aliphatic rings. The van der Waals surface area contributed by atoms with Crippen LogP contribution in [0.25, 0.3) is 5.70 Å². The maximum atomic E-state index is 12.5. The number of likely N-dealkylation sites (N-methyl/N-ethyl adjacent to an activating group) is 1. The number of pyridine rings is 1. The van der Waals surface area contributed by atoms with Crippen molar-refractivity contribution in [1.29, 1.82) is 0 Å². The predicted octanol–water partition coefficient (Wildman–Crippen LogP) is 2.80. The first-order valence-electron chi connectivity index (χ1n) is 8.45. The van der Waals surface area contributed by atoms with E-state index in [4.69, 9.17) is 4.74 Å². The second kappa shape index (κ2) is 6.76. The van der Waals surface area contributed by atoms with Crippen LogP contribution < -0.4 is 15.6 Å². The molecule has 1 aromatic heterocycles. The molecule has 0 unspecified atom stereocenters. The van der Waals surface area contributed by atoms with E-state index in [0.29, 0.717) is 23.6 Å². The van der Waals surface area contributed by atoms with Gasteiger partial charge in [-0.2, -0.15) is 0 Å². The summed E-state index contributed by atoms with van der Waals surface area (Å²) in [5, 5.41) is 14.5. The van der Waals surface area contributed by atoms with Crippen molar-refractivity contribution < 1.29 is 9.66 Å². The molecule has 26 heavy (non-hydrogen) atoms. The molecule has 0 atom stereocenters. The minimum absolute atomic E-state index is 0.0451. The van der Waals surface area contributed by atoms with Gasteiger partial charge in [0.2, 0.25) is 0 Å². The van der Waals surface area contributed by atoms with Gasteiger partial charge < -0.3 is 10.1 Å². The van der Waals surface area contributed by atoms with Crippen LogP contribution in [-0.4, -0.2) is 28.2 Å². The number of hydrogen-bond donors (Lipinski definition) is 1. The lowest BCUT2D eigenvalue weighted by atomic mass is 9.89. The van der Waals surface area contributed by atoms with Crippen LogP contribution in [-0.2, 0) is 0 Å². The smallest absolute Gasteiger partial charge is 0.270 e. The Morgan fingerprint density at radius 2 is 2.04 bits per heavy atom. The summed E-state index contributed by atoms with van der Waals surface area (Å²) in [5.74, 6) is 0.520. The summed E-state index contributed by atoms with van der Waals surface area (Å²) in [5.41, 5.74) is 1.12. The standard InChI is InChI=1S/C19H21N3O4/c1-4-20-12-15-18(21-10-6-5-7-17(21)23)14-11-13(22(24)25)8-9-16(14)26-19(15,2)3/h5-11,20H,4,12H2,1-3H3. The molecule has 1 aromatic carbocycles. The van der Waals surface area contributed by atoms with E-state index in [-0.39, 0.29) is 11.2 Å². The second-order valence-electron chi connectivity index (χ2n) is 6.57. The lowest BCUT2D eigenvalue weighted by Crippen LogP contribution is -2.41. The van der Waals surface area contributed by atoms with Crippen molar-refractivity contribution in [2.24, 2.45) is 0 Å². The molecule has 0 bridgehead atoms. The zero-order valence-electron chi connectivity index (χ0n) is 15.0. The summed E-state index contributed by atoms with van der Waals surface area (Å²) < 4.78 is 7.65. The zero-order valence-corrected chi connectivity index (χ0v) is 15.0. The minimum Gasteiger partial charge on any atom is -0.483 e. The number of hydrogen-bond acceptors (Lipinski definition) is 5. The van der Waals surface area contributed by atoms with Gasteiger partial charge in [0.15, 0.2) is 0 Å². The molecule has 0 fully saturated rings. The number of fused-ring (bicyclic) bond motifs is 1. The molecular formula is C19H21N3O4.